The minimum absolute atomic E-state index is 0.735. The summed E-state index contributed by atoms with van der Waals surface area (Å²) in [5, 5.41) is 0. The van der Waals surface area contributed by atoms with Crippen LogP contribution >= 0.6 is 0 Å². The first-order valence-electron chi connectivity index (χ1n) is 5.41. The lowest BCUT2D eigenvalue weighted by Gasteiger charge is -1.96. The molecule has 0 aliphatic heterocycles. The maximum Gasteiger partial charge on any atom is 0.138 e. The van der Waals surface area contributed by atoms with Crippen LogP contribution in [-0.2, 0) is 0 Å². The molecule has 4 heteroatoms. The second-order valence-electron chi connectivity index (χ2n) is 4.05. The van der Waals surface area contributed by atoms with Gasteiger partial charge in [-0.3, -0.25) is 4.98 Å². The van der Waals surface area contributed by atoms with Crippen LogP contribution < -0.4 is 5.73 Å². The van der Waals surface area contributed by atoms with E-state index in [1.165, 1.54) is 0 Å². The van der Waals surface area contributed by atoms with Gasteiger partial charge in [-0.1, -0.05) is 0 Å². The molecule has 0 aliphatic carbocycles. The molecule has 3 rings (SSSR count). The van der Waals surface area contributed by atoms with E-state index >= 15 is 0 Å². The van der Waals surface area contributed by atoms with Crippen LogP contribution in [0, 0.1) is 6.92 Å². The predicted molar refractivity (Wildman–Crippen MR) is 68.5 cm³/mol. The number of H-pyrrole nitrogens is 1. The molecule has 0 unspecified atom stereocenters. The van der Waals surface area contributed by atoms with E-state index in [0.29, 0.717) is 0 Å². The molecule has 17 heavy (non-hydrogen) atoms. The zero-order valence-corrected chi connectivity index (χ0v) is 9.44. The average Bonchev–Trinajstić information content (AvgIpc) is 2.72. The first kappa shape index (κ1) is 9.84. The lowest BCUT2D eigenvalue weighted by molar-refractivity contribution is 1.19. The van der Waals surface area contributed by atoms with Crippen LogP contribution in [0.15, 0.2) is 36.5 Å². The second kappa shape index (κ2) is 3.59. The summed E-state index contributed by atoms with van der Waals surface area (Å²) < 4.78 is 0. The third-order valence-electron chi connectivity index (χ3n) is 2.68. The van der Waals surface area contributed by atoms with E-state index in [-0.39, 0.29) is 0 Å². The van der Waals surface area contributed by atoms with Gasteiger partial charge in [0, 0.05) is 23.1 Å². The van der Waals surface area contributed by atoms with E-state index in [2.05, 4.69) is 15.0 Å². The number of anilines is 1. The van der Waals surface area contributed by atoms with Gasteiger partial charge in [-0.2, -0.15) is 0 Å². The number of fused-ring (bicyclic) bond motifs is 1. The fourth-order valence-corrected chi connectivity index (χ4v) is 1.86. The number of nitrogens with zero attached hydrogens (tertiary/aromatic N) is 2. The maximum absolute atomic E-state index is 5.74. The van der Waals surface area contributed by atoms with Crippen molar-refractivity contribution in [1.82, 2.24) is 15.0 Å². The first-order chi connectivity index (χ1) is 8.22. The summed E-state index contributed by atoms with van der Waals surface area (Å²) in [6, 6.07) is 9.60. The van der Waals surface area contributed by atoms with Crippen LogP contribution in [0.1, 0.15) is 5.69 Å². The molecule has 84 valence electrons. The van der Waals surface area contributed by atoms with Crippen molar-refractivity contribution in [2.75, 3.05) is 5.73 Å². The lowest BCUT2D eigenvalue weighted by atomic mass is 10.2. The van der Waals surface area contributed by atoms with Crippen LogP contribution in [0.4, 0.5) is 5.69 Å². The van der Waals surface area contributed by atoms with E-state index in [1.54, 1.807) is 6.20 Å². The highest BCUT2D eigenvalue weighted by molar-refractivity contribution is 5.82. The smallest absolute Gasteiger partial charge is 0.138 e. The zero-order chi connectivity index (χ0) is 11.8. The van der Waals surface area contributed by atoms with Gasteiger partial charge < -0.3 is 10.7 Å². The fourth-order valence-electron chi connectivity index (χ4n) is 1.86. The Hall–Kier alpha value is -2.36. The number of nitrogen functional groups attached to an aromatic ring is 1. The molecule has 0 spiro atoms. The number of aromatic nitrogens is 3. The molecule has 0 bridgehead atoms. The van der Waals surface area contributed by atoms with E-state index in [1.807, 2.05) is 37.3 Å². The number of nitrogens with one attached hydrogen (secondary N) is 1. The molecule has 1 aromatic carbocycles. The molecule has 2 heterocycles. The number of pyridine rings is 1. The SMILES string of the molecule is Cc1cc(-c2nc3ccc(N)cc3[nH]2)ccn1. The van der Waals surface area contributed by atoms with E-state index in [4.69, 9.17) is 5.73 Å². The lowest BCUT2D eigenvalue weighted by Crippen LogP contribution is -1.84. The highest BCUT2D eigenvalue weighted by Gasteiger charge is 2.05. The van der Waals surface area contributed by atoms with Gasteiger partial charge in [-0.25, -0.2) is 4.98 Å². The molecule has 0 atom stereocenters. The molecule has 0 fully saturated rings. The third-order valence-corrected chi connectivity index (χ3v) is 2.68. The summed E-state index contributed by atoms with van der Waals surface area (Å²) in [6.07, 6.45) is 1.78. The highest BCUT2D eigenvalue weighted by Crippen LogP contribution is 2.21. The van der Waals surface area contributed by atoms with Gasteiger partial charge >= 0.3 is 0 Å². The van der Waals surface area contributed by atoms with Gasteiger partial charge in [0.05, 0.1) is 11.0 Å². The van der Waals surface area contributed by atoms with Gasteiger partial charge in [-0.05, 0) is 37.3 Å². The van der Waals surface area contributed by atoms with Gasteiger partial charge in [0.25, 0.3) is 0 Å². The molecule has 0 radical (unpaired) electrons. The Kier molecular flexibility index (Phi) is 2.08. The van der Waals surface area contributed by atoms with Crippen LogP contribution in [0.3, 0.4) is 0 Å². The van der Waals surface area contributed by atoms with Gasteiger partial charge in [0.2, 0.25) is 0 Å². The monoisotopic (exact) mass is 224 g/mol. The molecule has 2 aromatic heterocycles. The maximum atomic E-state index is 5.74. The number of hydrogen-bond donors (Lipinski definition) is 2. The van der Waals surface area contributed by atoms with E-state index < -0.39 is 0 Å². The number of aromatic amines is 1. The largest absolute Gasteiger partial charge is 0.399 e. The van der Waals surface area contributed by atoms with Crippen LogP contribution in [0.2, 0.25) is 0 Å². The Balaban J connectivity index is 2.18. The summed E-state index contributed by atoms with van der Waals surface area (Å²) in [4.78, 5) is 12.0. The summed E-state index contributed by atoms with van der Waals surface area (Å²) in [7, 11) is 0. The number of rotatable bonds is 1. The molecular formula is C13H12N4. The topological polar surface area (TPSA) is 67.6 Å². The number of benzene rings is 1. The summed E-state index contributed by atoms with van der Waals surface area (Å²) in [5.74, 6) is 0.844. The van der Waals surface area contributed by atoms with Crippen molar-refractivity contribution in [3.63, 3.8) is 0 Å². The standard InChI is InChI=1S/C13H12N4/c1-8-6-9(4-5-15-8)13-16-11-3-2-10(14)7-12(11)17-13/h2-7H,14H2,1H3,(H,16,17). The van der Waals surface area contributed by atoms with Crippen molar-refractivity contribution in [3.05, 3.63) is 42.2 Å². The summed E-state index contributed by atoms with van der Waals surface area (Å²) in [6.45, 7) is 1.96. The van der Waals surface area contributed by atoms with Crippen LogP contribution in [0.25, 0.3) is 22.4 Å². The Morgan fingerprint density at radius 1 is 1.18 bits per heavy atom. The minimum Gasteiger partial charge on any atom is -0.399 e. The molecule has 3 aromatic rings. The predicted octanol–water partition coefficient (Wildman–Crippen LogP) is 2.52. The van der Waals surface area contributed by atoms with Crippen molar-refractivity contribution in [2.45, 2.75) is 6.92 Å². The van der Waals surface area contributed by atoms with Crippen LogP contribution in [0.5, 0.6) is 0 Å². The summed E-state index contributed by atoms with van der Waals surface area (Å²) >= 11 is 0. The number of aryl methyl sites for hydroxylation is 1. The highest BCUT2D eigenvalue weighted by atomic mass is 14.9. The number of nitrogens with two attached hydrogens (primary N) is 1. The van der Waals surface area contributed by atoms with Crippen molar-refractivity contribution < 1.29 is 0 Å². The molecule has 0 amide bonds. The molecule has 0 aliphatic rings. The Bertz CT molecular complexity index is 685. The zero-order valence-electron chi connectivity index (χ0n) is 9.44. The van der Waals surface area contributed by atoms with Gasteiger partial charge in [0.15, 0.2) is 0 Å². The third kappa shape index (κ3) is 1.73. The molecular weight excluding hydrogens is 212 g/mol. The Morgan fingerprint density at radius 2 is 2.06 bits per heavy atom. The molecule has 3 N–H and O–H groups in total. The van der Waals surface area contributed by atoms with Crippen molar-refractivity contribution >= 4 is 16.7 Å². The minimum atomic E-state index is 0.735. The van der Waals surface area contributed by atoms with E-state index in [0.717, 1.165) is 33.8 Å². The molecule has 4 nitrogen and oxygen atoms in total. The van der Waals surface area contributed by atoms with Crippen molar-refractivity contribution in [3.8, 4) is 11.4 Å². The van der Waals surface area contributed by atoms with E-state index in [9.17, 15) is 0 Å². The van der Waals surface area contributed by atoms with Crippen LogP contribution in [-0.4, -0.2) is 15.0 Å². The van der Waals surface area contributed by atoms with Crippen molar-refractivity contribution in [2.24, 2.45) is 0 Å². The Labute approximate surface area is 98.5 Å². The number of imidazole rings is 1. The van der Waals surface area contributed by atoms with Gasteiger partial charge in [-0.15, -0.1) is 0 Å². The van der Waals surface area contributed by atoms with Gasteiger partial charge in [0.1, 0.15) is 5.82 Å². The number of hydrogen-bond acceptors (Lipinski definition) is 3. The molecule has 0 saturated heterocycles. The van der Waals surface area contributed by atoms with Crippen molar-refractivity contribution in [1.29, 1.82) is 0 Å². The fraction of sp³-hybridized carbons (Fsp3) is 0.0769. The molecule has 0 saturated carbocycles. The first-order valence-corrected chi connectivity index (χ1v) is 5.41. The average molecular weight is 224 g/mol. The Morgan fingerprint density at radius 3 is 2.88 bits per heavy atom. The quantitative estimate of drug-likeness (QED) is 0.624. The summed E-state index contributed by atoms with van der Waals surface area (Å²) in [5.41, 5.74) is 10.4. The normalized spacial score (nSPS) is 10.9. The second-order valence-corrected chi connectivity index (χ2v) is 4.05.